The Bertz CT molecular complexity index is 636. The van der Waals surface area contributed by atoms with Gasteiger partial charge >= 0.3 is 6.61 Å². The minimum atomic E-state index is -2.97. The van der Waals surface area contributed by atoms with E-state index in [2.05, 4.69) is 10.1 Å². The van der Waals surface area contributed by atoms with Crippen molar-refractivity contribution in [3.05, 3.63) is 42.2 Å². The van der Waals surface area contributed by atoms with Crippen molar-refractivity contribution in [2.75, 3.05) is 18.2 Å². The third-order valence-electron chi connectivity index (χ3n) is 2.69. The fraction of sp³-hybridized carbons (Fsp3) is 0.143. The van der Waals surface area contributed by atoms with Crippen LogP contribution in [0.5, 0.6) is 11.5 Å². The monoisotopic (exact) mass is 298 g/mol. The van der Waals surface area contributed by atoms with Gasteiger partial charge in [-0.25, -0.2) is 4.39 Å². The first kappa shape index (κ1) is 14.8. The highest BCUT2D eigenvalue weighted by molar-refractivity contribution is 5.70. The fourth-order valence-corrected chi connectivity index (χ4v) is 1.76. The van der Waals surface area contributed by atoms with Gasteiger partial charge in [0, 0.05) is 12.1 Å². The molecule has 0 aliphatic heterocycles. The Kier molecular flexibility index (Phi) is 4.42. The quantitative estimate of drug-likeness (QED) is 0.825. The number of halogens is 3. The fourth-order valence-electron chi connectivity index (χ4n) is 1.76. The predicted molar refractivity (Wildman–Crippen MR) is 73.7 cm³/mol. The van der Waals surface area contributed by atoms with Crippen molar-refractivity contribution in [1.29, 1.82) is 0 Å². The number of hydrogen-bond acceptors (Lipinski definition) is 4. The molecule has 0 aromatic heterocycles. The van der Waals surface area contributed by atoms with Crippen molar-refractivity contribution < 1.29 is 22.6 Å². The molecule has 0 heterocycles. The smallest absolute Gasteiger partial charge is 0.387 e. The number of rotatable bonds is 5. The van der Waals surface area contributed by atoms with Crippen molar-refractivity contribution in [1.82, 2.24) is 0 Å². The molecular weight excluding hydrogens is 285 g/mol. The summed E-state index contributed by atoms with van der Waals surface area (Å²) in [5.41, 5.74) is 5.94. The van der Waals surface area contributed by atoms with E-state index >= 15 is 0 Å². The molecule has 0 unspecified atom stereocenters. The van der Waals surface area contributed by atoms with E-state index in [1.165, 1.54) is 31.4 Å². The van der Waals surface area contributed by atoms with Crippen LogP contribution in [-0.4, -0.2) is 13.7 Å². The summed E-state index contributed by atoms with van der Waals surface area (Å²) in [4.78, 5) is 0. The molecule has 21 heavy (non-hydrogen) atoms. The zero-order valence-electron chi connectivity index (χ0n) is 11.1. The maximum atomic E-state index is 13.9. The van der Waals surface area contributed by atoms with Gasteiger partial charge in [0.05, 0.1) is 24.2 Å². The molecule has 2 aromatic carbocycles. The predicted octanol–water partition coefficient (Wildman–Crippen LogP) is 3.76. The highest BCUT2D eigenvalue weighted by Gasteiger charge is 2.13. The molecule has 112 valence electrons. The van der Waals surface area contributed by atoms with Gasteiger partial charge in [0.1, 0.15) is 17.3 Å². The molecule has 0 saturated carbocycles. The molecule has 0 aliphatic rings. The Morgan fingerprint density at radius 1 is 1.10 bits per heavy atom. The first-order valence-corrected chi connectivity index (χ1v) is 5.95. The van der Waals surface area contributed by atoms with Gasteiger partial charge in [-0.2, -0.15) is 8.78 Å². The molecular formula is C14H13F3N2O2. The van der Waals surface area contributed by atoms with Crippen molar-refractivity contribution >= 4 is 17.1 Å². The third-order valence-corrected chi connectivity index (χ3v) is 2.69. The van der Waals surface area contributed by atoms with Crippen LogP contribution in [0.25, 0.3) is 0 Å². The summed E-state index contributed by atoms with van der Waals surface area (Å²) in [6.07, 6.45) is 0. The summed E-state index contributed by atoms with van der Waals surface area (Å²) in [5.74, 6) is -0.464. The molecule has 0 radical (unpaired) electrons. The SMILES string of the molecule is COc1cc(Nc2ccccc2OC(F)F)c(F)cc1N. The van der Waals surface area contributed by atoms with Crippen LogP contribution < -0.4 is 20.5 Å². The zero-order chi connectivity index (χ0) is 15.4. The van der Waals surface area contributed by atoms with Gasteiger partial charge in [0.15, 0.2) is 0 Å². The third kappa shape index (κ3) is 3.50. The number of ether oxygens (including phenoxy) is 2. The van der Waals surface area contributed by atoms with Gasteiger partial charge in [-0.1, -0.05) is 12.1 Å². The van der Waals surface area contributed by atoms with E-state index in [4.69, 9.17) is 10.5 Å². The molecule has 0 atom stereocenters. The largest absolute Gasteiger partial charge is 0.495 e. The van der Waals surface area contributed by atoms with E-state index in [9.17, 15) is 13.2 Å². The lowest BCUT2D eigenvalue weighted by atomic mass is 10.2. The van der Waals surface area contributed by atoms with Crippen LogP contribution in [0, 0.1) is 5.82 Å². The van der Waals surface area contributed by atoms with Crippen molar-refractivity contribution in [2.45, 2.75) is 6.61 Å². The van der Waals surface area contributed by atoms with E-state index in [-0.39, 0.29) is 28.6 Å². The van der Waals surface area contributed by atoms with Crippen LogP contribution in [0.4, 0.5) is 30.2 Å². The Morgan fingerprint density at radius 3 is 2.48 bits per heavy atom. The minimum absolute atomic E-state index is 0.0337. The average molecular weight is 298 g/mol. The van der Waals surface area contributed by atoms with Crippen molar-refractivity contribution in [2.24, 2.45) is 0 Å². The summed E-state index contributed by atoms with van der Waals surface area (Å²) in [6.45, 7) is -2.97. The number of benzene rings is 2. The second kappa shape index (κ2) is 6.25. The second-order valence-corrected chi connectivity index (χ2v) is 4.07. The molecule has 7 heteroatoms. The molecule has 4 nitrogen and oxygen atoms in total. The molecule has 2 aromatic rings. The summed E-state index contributed by atoms with van der Waals surface area (Å²) < 4.78 is 47.9. The van der Waals surface area contributed by atoms with Gasteiger partial charge < -0.3 is 20.5 Å². The molecule has 0 aliphatic carbocycles. The Balaban J connectivity index is 2.34. The number of nitrogens with two attached hydrogens (primary N) is 1. The van der Waals surface area contributed by atoms with E-state index < -0.39 is 12.4 Å². The van der Waals surface area contributed by atoms with Gasteiger partial charge in [0.25, 0.3) is 0 Å². The molecule has 0 bridgehead atoms. The van der Waals surface area contributed by atoms with Gasteiger partial charge in [-0.05, 0) is 12.1 Å². The van der Waals surface area contributed by atoms with E-state index in [1.54, 1.807) is 6.07 Å². The van der Waals surface area contributed by atoms with Crippen LogP contribution >= 0.6 is 0 Å². The zero-order valence-corrected chi connectivity index (χ0v) is 11.1. The number of hydrogen-bond donors (Lipinski definition) is 2. The topological polar surface area (TPSA) is 56.5 Å². The van der Waals surface area contributed by atoms with Crippen LogP contribution in [0.2, 0.25) is 0 Å². The molecule has 0 saturated heterocycles. The molecule has 3 N–H and O–H groups in total. The number of methoxy groups -OCH3 is 1. The average Bonchev–Trinajstić information content (AvgIpc) is 2.43. The standard InChI is InChI=1S/C14H13F3N2O2/c1-20-13-7-11(8(15)6-9(13)18)19-10-4-2-3-5-12(10)21-14(16)17/h2-7,14,19H,18H2,1H3. The normalized spacial score (nSPS) is 10.5. The van der Waals surface area contributed by atoms with Crippen molar-refractivity contribution in [3.8, 4) is 11.5 Å². The second-order valence-electron chi connectivity index (χ2n) is 4.07. The molecule has 2 rings (SSSR count). The number of alkyl halides is 2. The molecule has 0 amide bonds. The number of anilines is 3. The van der Waals surface area contributed by atoms with Gasteiger partial charge in [0.2, 0.25) is 0 Å². The van der Waals surface area contributed by atoms with E-state index in [0.29, 0.717) is 0 Å². The van der Waals surface area contributed by atoms with Crippen LogP contribution in [0.3, 0.4) is 0 Å². The van der Waals surface area contributed by atoms with Crippen LogP contribution in [-0.2, 0) is 0 Å². The molecule has 0 fully saturated rings. The Hall–Kier alpha value is -2.57. The van der Waals surface area contributed by atoms with E-state index in [0.717, 1.165) is 6.07 Å². The summed E-state index contributed by atoms with van der Waals surface area (Å²) >= 11 is 0. The van der Waals surface area contributed by atoms with Crippen LogP contribution in [0.15, 0.2) is 36.4 Å². The Labute approximate surface area is 119 Å². The van der Waals surface area contributed by atoms with Crippen LogP contribution in [0.1, 0.15) is 0 Å². The van der Waals surface area contributed by atoms with Gasteiger partial charge in [-0.3, -0.25) is 0 Å². The summed E-state index contributed by atoms with van der Waals surface area (Å²) in [6, 6.07) is 8.39. The highest BCUT2D eigenvalue weighted by Crippen LogP contribution is 2.33. The maximum absolute atomic E-state index is 13.9. The first-order valence-electron chi connectivity index (χ1n) is 5.95. The lowest BCUT2D eigenvalue weighted by molar-refractivity contribution is -0.0493. The summed E-state index contributed by atoms with van der Waals surface area (Å²) in [5, 5.41) is 2.68. The highest BCUT2D eigenvalue weighted by atomic mass is 19.3. The number of para-hydroxylation sites is 2. The maximum Gasteiger partial charge on any atom is 0.387 e. The Morgan fingerprint density at radius 2 is 1.81 bits per heavy atom. The minimum Gasteiger partial charge on any atom is -0.495 e. The van der Waals surface area contributed by atoms with Crippen molar-refractivity contribution in [3.63, 3.8) is 0 Å². The first-order chi connectivity index (χ1) is 10.0. The molecule has 0 spiro atoms. The lowest BCUT2D eigenvalue weighted by Gasteiger charge is -2.14. The lowest BCUT2D eigenvalue weighted by Crippen LogP contribution is -2.05. The number of nitrogen functional groups attached to an aromatic ring is 1. The van der Waals surface area contributed by atoms with E-state index in [1.807, 2.05) is 0 Å². The summed E-state index contributed by atoms with van der Waals surface area (Å²) in [7, 11) is 1.39. The van der Waals surface area contributed by atoms with Gasteiger partial charge in [-0.15, -0.1) is 0 Å². The number of nitrogens with one attached hydrogen (secondary N) is 1.